The molecule has 0 fully saturated rings. The molecule has 0 aliphatic carbocycles. The quantitative estimate of drug-likeness (QED) is 0.577. The number of carbonyl (C=O) groups is 2. The zero-order valence-electron chi connectivity index (χ0n) is 19.0. The van der Waals surface area contributed by atoms with Gasteiger partial charge in [-0.15, -0.1) is 0 Å². The molecule has 0 aliphatic heterocycles. The van der Waals surface area contributed by atoms with Gasteiger partial charge in [0.2, 0.25) is 21.8 Å². The number of rotatable bonds is 8. The third-order valence-corrected chi connectivity index (χ3v) is 6.52. The zero-order chi connectivity index (χ0) is 25.8. The summed E-state index contributed by atoms with van der Waals surface area (Å²) in [6, 6.07) is 8.37. The van der Waals surface area contributed by atoms with E-state index >= 15 is 0 Å². The normalized spacial score (nSPS) is 12.7. The summed E-state index contributed by atoms with van der Waals surface area (Å²) in [6.07, 6.45) is -4.00. The van der Waals surface area contributed by atoms with Crippen LogP contribution < -0.4 is 9.62 Å². The molecule has 1 N–H and O–H groups in total. The number of carbonyl (C=O) groups excluding carboxylic acids is 2. The van der Waals surface area contributed by atoms with Crippen LogP contribution >= 0.6 is 11.6 Å². The van der Waals surface area contributed by atoms with Crippen LogP contribution in [0.4, 0.5) is 18.9 Å². The lowest BCUT2D eigenvalue weighted by Gasteiger charge is -2.31. The molecule has 1 atom stereocenters. The molecule has 0 bridgehead atoms. The fourth-order valence-corrected chi connectivity index (χ4v) is 4.40. The van der Waals surface area contributed by atoms with Crippen molar-refractivity contribution >= 4 is 39.1 Å². The topological polar surface area (TPSA) is 86.8 Å². The van der Waals surface area contributed by atoms with Crippen molar-refractivity contribution in [2.24, 2.45) is 0 Å². The number of nitrogens with one attached hydrogen (secondary N) is 1. The second-order valence-corrected chi connectivity index (χ2v) is 10.0. The monoisotopic (exact) mass is 519 g/mol. The summed E-state index contributed by atoms with van der Waals surface area (Å²) >= 11 is 6.03. The lowest BCUT2D eigenvalue weighted by atomic mass is 10.1. The summed E-state index contributed by atoms with van der Waals surface area (Å²) in [5.41, 5.74) is -0.0168. The van der Waals surface area contributed by atoms with Crippen LogP contribution in [-0.2, 0) is 32.3 Å². The standard InChI is InChI=1S/C22H25ClF3N3O4S/c1-14-6-5-7-16(10-14)12-28(15(2)21(31)27-3)20(30)13-29(34(4,32)33)19-11-17(22(24,25)26)8-9-18(19)23/h5-11,15H,12-13H2,1-4H3,(H,27,31). The molecule has 2 aromatic carbocycles. The van der Waals surface area contributed by atoms with Crippen molar-refractivity contribution in [3.05, 3.63) is 64.2 Å². The highest BCUT2D eigenvalue weighted by atomic mass is 35.5. The predicted octanol–water partition coefficient (Wildman–Crippen LogP) is 3.60. The minimum atomic E-state index is -4.75. The first-order valence-corrected chi connectivity index (χ1v) is 12.3. The van der Waals surface area contributed by atoms with E-state index in [1.165, 1.54) is 14.0 Å². The minimum absolute atomic E-state index is 0.0248. The number of aryl methyl sites for hydroxylation is 1. The fraction of sp³-hybridized carbons (Fsp3) is 0.364. The summed E-state index contributed by atoms with van der Waals surface area (Å²) < 4.78 is 65.2. The number of alkyl halides is 3. The van der Waals surface area contributed by atoms with E-state index in [0.717, 1.165) is 22.8 Å². The molecule has 0 spiro atoms. The van der Waals surface area contributed by atoms with Crippen LogP contribution in [0.25, 0.3) is 0 Å². The molecular formula is C22H25ClF3N3O4S. The van der Waals surface area contributed by atoms with Crippen molar-refractivity contribution in [3.63, 3.8) is 0 Å². The number of halogens is 4. The maximum atomic E-state index is 13.3. The summed E-state index contributed by atoms with van der Waals surface area (Å²) in [6.45, 7) is 2.43. The van der Waals surface area contributed by atoms with Crippen LogP contribution in [0.3, 0.4) is 0 Å². The number of nitrogens with zero attached hydrogens (tertiary/aromatic N) is 2. The van der Waals surface area contributed by atoms with Crippen LogP contribution in [-0.4, -0.2) is 51.0 Å². The van der Waals surface area contributed by atoms with Crippen LogP contribution in [0.1, 0.15) is 23.6 Å². The zero-order valence-corrected chi connectivity index (χ0v) is 20.6. The summed E-state index contributed by atoms with van der Waals surface area (Å²) in [5, 5.41) is 2.15. The summed E-state index contributed by atoms with van der Waals surface area (Å²) in [7, 11) is -2.84. The molecule has 0 radical (unpaired) electrons. The lowest BCUT2D eigenvalue weighted by Crippen LogP contribution is -2.50. The SMILES string of the molecule is CNC(=O)C(C)N(Cc1cccc(C)c1)C(=O)CN(c1cc(C(F)(F)F)ccc1Cl)S(C)(=O)=O. The van der Waals surface area contributed by atoms with Gasteiger partial charge < -0.3 is 10.2 Å². The molecule has 7 nitrogen and oxygen atoms in total. The van der Waals surface area contributed by atoms with Gasteiger partial charge in [0.25, 0.3) is 0 Å². The Morgan fingerprint density at radius 1 is 1.15 bits per heavy atom. The largest absolute Gasteiger partial charge is 0.416 e. The number of sulfonamides is 1. The number of anilines is 1. The van der Waals surface area contributed by atoms with E-state index in [0.29, 0.717) is 22.0 Å². The molecule has 2 aromatic rings. The minimum Gasteiger partial charge on any atom is -0.357 e. The highest BCUT2D eigenvalue weighted by Gasteiger charge is 2.34. The predicted molar refractivity (Wildman–Crippen MR) is 124 cm³/mol. The summed E-state index contributed by atoms with van der Waals surface area (Å²) in [5.74, 6) is -1.29. The fourth-order valence-electron chi connectivity index (χ4n) is 3.27. The molecule has 0 aliphatic rings. The molecule has 0 saturated heterocycles. The van der Waals surface area contributed by atoms with Gasteiger partial charge in [0, 0.05) is 13.6 Å². The molecule has 186 valence electrons. The van der Waals surface area contributed by atoms with E-state index in [4.69, 9.17) is 11.6 Å². The molecular weight excluding hydrogens is 495 g/mol. The highest BCUT2D eigenvalue weighted by Crippen LogP contribution is 2.36. The number of benzene rings is 2. The van der Waals surface area contributed by atoms with Crippen molar-refractivity contribution in [1.82, 2.24) is 10.2 Å². The van der Waals surface area contributed by atoms with Crippen LogP contribution in [0.15, 0.2) is 42.5 Å². The van der Waals surface area contributed by atoms with Crippen LogP contribution in [0.5, 0.6) is 0 Å². The van der Waals surface area contributed by atoms with Crippen molar-refractivity contribution in [2.75, 3.05) is 24.2 Å². The van der Waals surface area contributed by atoms with Gasteiger partial charge in [-0.2, -0.15) is 13.2 Å². The van der Waals surface area contributed by atoms with Gasteiger partial charge in [-0.3, -0.25) is 13.9 Å². The molecule has 2 rings (SSSR count). The van der Waals surface area contributed by atoms with Crippen molar-refractivity contribution < 1.29 is 31.2 Å². The Hall–Kier alpha value is -2.79. The first kappa shape index (κ1) is 27.5. The van der Waals surface area contributed by atoms with Gasteiger partial charge in [-0.25, -0.2) is 8.42 Å². The Kier molecular flexibility index (Phi) is 8.59. The molecule has 0 saturated carbocycles. The van der Waals surface area contributed by atoms with Gasteiger partial charge in [-0.1, -0.05) is 41.4 Å². The van der Waals surface area contributed by atoms with Crippen molar-refractivity contribution in [2.45, 2.75) is 32.6 Å². The second kappa shape index (κ2) is 10.6. The van der Waals surface area contributed by atoms with Crippen LogP contribution in [0.2, 0.25) is 5.02 Å². The summed E-state index contributed by atoms with van der Waals surface area (Å²) in [4.78, 5) is 26.7. The number of likely N-dealkylation sites (N-methyl/N-ethyl adjacent to an activating group) is 1. The van der Waals surface area contributed by atoms with Gasteiger partial charge in [0.15, 0.2) is 0 Å². The smallest absolute Gasteiger partial charge is 0.357 e. The Bertz CT molecular complexity index is 1170. The number of hydrogen-bond acceptors (Lipinski definition) is 4. The first-order valence-electron chi connectivity index (χ1n) is 10.1. The van der Waals surface area contributed by atoms with E-state index in [1.807, 2.05) is 13.0 Å². The van der Waals surface area contributed by atoms with E-state index in [-0.39, 0.29) is 11.6 Å². The van der Waals surface area contributed by atoms with Gasteiger partial charge in [0.1, 0.15) is 12.6 Å². The van der Waals surface area contributed by atoms with E-state index in [1.54, 1.807) is 18.2 Å². The molecule has 1 unspecified atom stereocenters. The van der Waals surface area contributed by atoms with Crippen molar-refractivity contribution in [3.8, 4) is 0 Å². The first-order chi connectivity index (χ1) is 15.6. The highest BCUT2D eigenvalue weighted by molar-refractivity contribution is 7.92. The van der Waals surface area contributed by atoms with E-state index in [9.17, 15) is 31.2 Å². The van der Waals surface area contributed by atoms with E-state index in [2.05, 4.69) is 5.32 Å². The molecule has 34 heavy (non-hydrogen) atoms. The second-order valence-electron chi connectivity index (χ2n) is 7.73. The Balaban J connectivity index is 2.50. The number of hydrogen-bond donors (Lipinski definition) is 1. The van der Waals surface area contributed by atoms with Crippen LogP contribution in [0, 0.1) is 6.92 Å². The average Bonchev–Trinajstić information content (AvgIpc) is 2.73. The average molecular weight is 520 g/mol. The third kappa shape index (κ3) is 6.86. The van der Waals surface area contributed by atoms with Gasteiger partial charge in [0.05, 0.1) is 22.5 Å². The van der Waals surface area contributed by atoms with Gasteiger partial charge >= 0.3 is 6.18 Å². The third-order valence-electron chi connectivity index (χ3n) is 5.07. The lowest BCUT2D eigenvalue weighted by molar-refractivity contribution is -0.139. The molecule has 2 amide bonds. The molecule has 12 heteroatoms. The maximum absolute atomic E-state index is 13.3. The van der Waals surface area contributed by atoms with Crippen molar-refractivity contribution in [1.29, 1.82) is 0 Å². The van der Waals surface area contributed by atoms with E-state index < -0.39 is 51.9 Å². The number of amides is 2. The maximum Gasteiger partial charge on any atom is 0.416 e. The molecule has 0 aromatic heterocycles. The van der Waals surface area contributed by atoms with Gasteiger partial charge in [-0.05, 0) is 37.6 Å². The Labute approximate surface area is 201 Å². The molecule has 0 heterocycles. The Morgan fingerprint density at radius 3 is 2.32 bits per heavy atom. The Morgan fingerprint density at radius 2 is 1.79 bits per heavy atom.